The Morgan fingerprint density at radius 2 is 1.86 bits per heavy atom. The fraction of sp³-hybridized carbons (Fsp3) is 0.500. The summed E-state index contributed by atoms with van der Waals surface area (Å²) >= 11 is 0. The summed E-state index contributed by atoms with van der Waals surface area (Å²) < 4.78 is 10.5. The molecule has 2 aromatic rings. The lowest BCUT2D eigenvalue weighted by Crippen LogP contribution is -2.51. The Balaban J connectivity index is 2.10. The van der Waals surface area contributed by atoms with Crippen LogP contribution in [-0.4, -0.2) is 41.7 Å². The number of hydrogen-bond donors (Lipinski definition) is 2. The number of aromatic nitrogens is 1. The van der Waals surface area contributed by atoms with Gasteiger partial charge >= 0.3 is 5.97 Å². The Hall–Kier alpha value is -2.67. The van der Waals surface area contributed by atoms with Crippen LogP contribution in [0.5, 0.6) is 5.88 Å². The number of rotatable bonds is 8. The van der Waals surface area contributed by atoms with E-state index < -0.39 is 23.5 Å². The zero-order valence-electron chi connectivity index (χ0n) is 17.9. The highest BCUT2D eigenvalue weighted by molar-refractivity contribution is 5.88. The van der Waals surface area contributed by atoms with Gasteiger partial charge < -0.3 is 19.9 Å². The van der Waals surface area contributed by atoms with Gasteiger partial charge in [0.05, 0.1) is 18.6 Å². The zero-order chi connectivity index (χ0) is 21.8. The zero-order valence-corrected chi connectivity index (χ0v) is 17.9. The molecule has 158 valence electrons. The van der Waals surface area contributed by atoms with E-state index in [1.807, 2.05) is 32.0 Å². The van der Waals surface area contributed by atoms with E-state index in [9.17, 15) is 14.7 Å². The molecule has 0 aliphatic rings. The van der Waals surface area contributed by atoms with Crippen LogP contribution in [0.15, 0.2) is 30.5 Å². The van der Waals surface area contributed by atoms with Gasteiger partial charge in [0.15, 0.2) is 0 Å². The van der Waals surface area contributed by atoms with E-state index >= 15 is 0 Å². The molecular weight excluding hydrogens is 372 g/mol. The molecule has 0 radical (unpaired) electrons. The summed E-state index contributed by atoms with van der Waals surface area (Å²) in [6, 6.07) is 6.69. The third-order valence-electron chi connectivity index (χ3n) is 4.81. The average molecular weight is 402 g/mol. The lowest BCUT2D eigenvalue weighted by Gasteiger charge is -2.27. The SMILES string of the molecule is COC(=O)[C@@H](NC(=O)C(C)(C)COc1cc2cc([C@@H](C)O)ccc2cn1)C(C)C. The van der Waals surface area contributed by atoms with E-state index in [1.165, 1.54) is 7.11 Å². The van der Waals surface area contributed by atoms with Crippen molar-refractivity contribution in [2.24, 2.45) is 11.3 Å². The van der Waals surface area contributed by atoms with Crippen molar-refractivity contribution in [1.82, 2.24) is 10.3 Å². The molecule has 2 N–H and O–H groups in total. The highest BCUT2D eigenvalue weighted by Crippen LogP contribution is 2.24. The molecule has 0 saturated carbocycles. The van der Waals surface area contributed by atoms with Crippen LogP contribution in [-0.2, 0) is 14.3 Å². The van der Waals surface area contributed by atoms with Gasteiger partial charge in [0.25, 0.3) is 0 Å². The van der Waals surface area contributed by atoms with Gasteiger partial charge in [-0.1, -0.05) is 26.0 Å². The highest BCUT2D eigenvalue weighted by Gasteiger charge is 2.34. The second-order valence-electron chi connectivity index (χ2n) is 8.20. The number of nitrogens with one attached hydrogen (secondary N) is 1. The van der Waals surface area contributed by atoms with E-state index in [4.69, 9.17) is 9.47 Å². The van der Waals surface area contributed by atoms with Crippen LogP contribution in [0.25, 0.3) is 10.8 Å². The van der Waals surface area contributed by atoms with Gasteiger partial charge in [0.2, 0.25) is 11.8 Å². The summed E-state index contributed by atoms with van der Waals surface area (Å²) in [5.74, 6) is -0.503. The molecule has 0 aliphatic heterocycles. The number of carbonyl (C=O) groups is 2. The van der Waals surface area contributed by atoms with Crippen molar-refractivity contribution in [3.8, 4) is 5.88 Å². The summed E-state index contributed by atoms with van der Waals surface area (Å²) in [5, 5.41) is 14.3. The van der Waals surface area contributed by atoms with Crippen molar-refractivity contribution < 1.29 is 24.2 Å². The van der Waals surface area contributed by atoms with Crippen LogP contribution < -0.4 is 10.1 Å². The first kappa shape index (κ1) is 22.6. The number of amides is 1. The Labute approximate surface area is 171 Å². The van der Waals surface area contributed by atoms with Gasteiger partial charge in [-0.05, 0) is 43.7 Å². The molecule has 1 aromatic carbocycles. The molecule has 2 atom stereocenters. The maximum Gasteiger partial charge on any atom is 0.328 e. The number of fused-ring (bicyclic) bond motifs is 1. The summed E-state index contributed by atoms with van der Waals surface area (Å²) in [6.45, 7) is 8.95. The smallest absolute Gasteiger partial charge is 0.328 e. The number of ether oxygens (including phenoxy) is 2. The van der Waals surface area contributed by atoms with Gasteiger partial charge in [-0.15, -0.1) is 0 Å². The number of nitrogens with zero attached hydrogens (tertiary/aromatic N) is 1. The second-order valence-corrected chi connectivity index (χ2v) is 8.20. The van der Waals surface area contributed by atoms with Crippen LogP contribution in [0.2, 0.25) is 0 Å². The molecule has 1 aromatic heterocycles. The van der Waals surface area contributed by atoms with Crippen molar-refractivity contribution >= 4 is 22.6 Å². The third kappa shape index (κ3) is 5.67. The molecule has 7 heteroatoms. The number of esters is 1. The molecule has 0 aliphatic carbocycles. The predicted molar refractivity (Wildman–Crippen MR) is 110 cm³/mol. The van der Waals surface area contributed by atoms with Crippen molar-refractivity contribution in [2.75, 3.05) is 13.7 Å². The first-order valence-corrected chi connectivity index (χ1v) is 9.64. The van der Waals surface area contributed by atoms with Crippen molar-refractivity contribution in [1.29, 1.82) is 0 Å². The summed E-state index contributed by atoms with van der Waals surface area (Å²) in [5.41, 5.74) is -0.0869. The summed E-state index contributed by atoms with van der Waals surface area (Å²) in [4.78, 5) is 28.9. The number of pyridine rings is 1. The molecule has 0 spiro atoms. The summed E-state index contributed by atoms with van der Waals surface area (Å²) in [6.07, 6.45) is 1.12. The second kappa shape index (κ2) is 9.22. The van der Waals surface area contributed by atoms with Gasteiger partial charge in [-0.3, -0.25) is 4.79 Å². The van der Waals surface area contributed by atoms with Crippen molar-refractivity contribution in [3.05, 3.63) is 36.0 Å². The minimum Gasteiger partial charge on any atom is -0.477 e. The molecule has 0 bridgehead atoms. The lowest BCUT2D eigenvalue weighted by molar-refractivity contribution is -0.148. The van der Waals surface area contributed by atoms with Crippen LogP contribution in [0.3, 0.4) is 0 Å². The molecule has 0 saturated heterocycles. The number of hydrogen-bond acceptors (Lipinski definition) is 6. The van der Waals surface area contributed by atoms with Gasteiger partial charge in [0.1, 0.15) is 12.6 Å². The fourth-order valence-corrected chi connectivity index (χ4v) is 2.76. The van der Waals surface area contributed by atoms with Gasteiger partial charge in [0, 0.05) is 17.6 Å². The topological polar surface area (TPSA) is 97.8 Å². The van der Waals surface area contributed by atoms with Crippen LogP contribution >= 0.6 is 0 Å². The maximum absolute atomic E-state index is 12.7. The van der Waals surface area contributed by atoms with Crippen LogP contribution in [0.1, 0.15) is 46.3 Å². The standard InChI is InChI=1S/C22H30N2O5/c1-13(2)19(20(26)28-6)24-21(27)22(4,5)12-29-18-10-17-9-15(14(3)25)7-8-16(17)11-23-18/h7-11,13-14,19,25H,12H2,1-6H3,(H,24,27)/t14-,19+/m1/s1. The van der Waals surface area contributed by atoms with Gasteiger partial charge in [-0.2, -0.15) is 0 Å². The predicted octanol–water partition coefficient (Wildman–Crippen LogP) is 3.01. The number of aliphatic hydroxyl groups excluding tert-OH is 1. The number of carbonyl (C=O) groups excluding carboxylic acids is 2. The maximum atomic E-state index is 12.7. The quantitative estimate of drug-likeness (QED) is 0.659. The molecule has 0 unspecified atom stereocenters. The Kier molecular flexibility index (Phi) is 7.19. The monoisotopic (exact) mass is 402 g/mol. The molecule has 2 rings (SSSR count). The van der Waals surface area contributed by atoms with Crippen LogP contribution in [0, 0.1) is 11.3 Å². The highest BCUT2D eigenvalue weighted by atomic mass is 16.5. The van der Waals surface area contributed by atoms with Crippen LogP contribution in [0.4, 0.5) is 0 Å². The summed E-state index contributed by atoms with van der Waals surface area (Å²) in [7, 11) is 1.30. The average Bonchev–Trinajstić information content (AvgIpc) is 2.68. The largest absolute Gasteiger partial charge is 0.477 e. The molecule has 1 heterocycles. The number of aliphatic hydroxyl groups is 1. The minimum atomic E-state index is -0.890. The third-order valence-corrected chi connectivity index (χ3v) is 4.81. The first-order chi connectivity index (χ1) is 13.5. The molecule has 1 amide bonds. The molecule has 0 fully saturated rings. The van der Waals surface area contributed by atoms with Crippen molar-refractivity contribution in [2.45, 2.75) is 46.8 Å². The molecule has 29 heavy (non-hydrogen) atoms. The van der Waals surface area contributed by atoms with E-state index in [-0.39, 0.29) is 18.4 Å². The number of benzene rings is 1. The normalized spacial score (nSPS) is 13.8. The van der Waals surface area contributed by atoms with Crippen molar-refractivity contribution in [3.63, 3.8) is 0 Å². The van der Waals surface area contributed by atoms with Gasteiger partial charge in [-0.25, -0.2) is 9.78 Å². The van der Waals surface area contributed by atoms with E-state index in [0.717, 1.165) is 16.3 Å². The van der Waals surface area contributed by atoms with E-state index in [2.05, 4.69) is 10.3 Å². The van der Waals surface area contributed by atoms with E-state index in [0.29, 0.717) is 5.88 Å². The Morgan fingerprint density at radius 3 is 2.45 bits per heavy atom. The first-order valence-electron chi connectivity index (χ1n) is 9.64. The molecular formula is C22H30N2O5. The fourth-order valence-electron chi connectivity index (χ4n) is 2.76. The Morgan fingerprint density at radius 1 is 1.17 bits per heavy atom. The minimum absolute atomic E-state index is 0.0828. The number of methoxy groups -OCH3 is 1. The molecule has 7 nitrogen and oxygen atoms in total. The Bertz CT molecular complexity index is 877. The lowest BCUT2D eigenvalue weighted by atomic mass is 9.92. The van der Waals surface area contributed by atoms with E-state index in [1.54, 1.807) is 33.0 Å².